The van der Waals surface area contributed by atoms with E-state index in [1.807, 2.05) is 18.2 Å². The molecule has 0 aromatic heterocycles. The van der Waals surface area contributed by atoms with Crippen molar-refractivity contribution in [1.82, 2.24) is 4.90 Å². The summed E-state index contributed by atoms with van der Waals surface area (Å²) in [4.78, 5) is 25.6. The number of likely N-dealkylation sites (tertiary alicyclic amines) is 1. The highest BCUT2D eigenvalue weighted by Gasteiger charge is 2.32. The van der Waals surface area contributed by atoms with Crippen LogP contribution < -0.4 is 0 Å². The highest BCUT2D eigenvalue weighted by molar-refractivity contribution is 6.00. The molecule has 0 aromatic rings. The van der Waals surface area contributed by atoms with Gasteiger partial charge in [-0.15, -0.1) is 0 Å². The third kappa shape index (κ3) is 5.53. The number of hydrogen-bond acceptors (Lipinski definition) is 4. The van der Waals surface area contributed by atoms with Crippen LogP contribution in [-0.4, -0.2) is 42.9 Å². The fourth-order valence-electron chi connectivity index (χ4n) is 2.14. The Morgan fingerprint density at radius 1 is 1.45 bits per heavy atom. The van der Waals surface area contributed by atoms with E-state index in [4.69, 9.17) is 4.74 Å². The molecule has 0 amide bonds. The van der Waals surface area contributed by atoms with Gasteiger partial charge in [-0.2, -0.15) is 0 Å². The molecular formula is C16H23NO3. The first-order chi connectivity index (χ1) is 9.69. The molecule has 1 aliphatic heterocycles. The van der Waals surface area contributed by atoms with Gasteiger partial charge in [0.1, 0.15) is 5.92 Å². The lowest BCUT2D eigenvalue weighted by Crippen LogP contribution is -2.44. The highest BCUT2D eigenvalue weighted by atomic mass is 16.5. The summed E-state index contributed by atoms with van der Waals surface area (Å²) in [7, 11) is 0. The molecule has 20 heavy (non-hydrogen) atoms. The van der Waals surface area contributed by atoms with E-state index in [9.17, 15) is 9.59 Å². The molecule has 0 N–H and O–H groups in total. The molecule has 1 heterocycles. The van der Waals surface area contributed by atoms with Gasteiger partial charge in [0.15, 0.2) is 5.78 Å². The standard InChI is InChI=1S/C16H23NO3/c1-3-5-6-7-8-9-11-17-12-10-14(15(18)13-17)16(19)20-4-2/h3,5-8,14H,1,4,9-13H2,2H3/b6-5-,8-7-. The molecule has 110 valence electrons. The van der Waals surface area contributed by atoms with E-state index in [2.05, 4.69) is 17.6 Å². The second-order valence-corrected chi connectivity index (χ2v) is 4.67. The molecule has 1 saturated heterocycles. The number of rotatable bonds is 7. The molecule has 0 radical (unpaired) electrons. The van der Waals surface area contributed by atoms with Crippen LogP contribution in [0, 0.1) is 5.92 Å². The van der Waals surface area contributed by atoms with Crippen LogP contribution in [0.2, 0.25) is 0 Å². The second-order valence-electron chi connectivity index (χ2n) is 4.67. The number of hydrogen-bond donors (Lipinski definition) is 0. The van der Waals surface area contributed by atoms with Crippen molar-refractivity contribution in [3.8, 4) is 0 Å². The minimum absolute atomic E-state index is 0.0229. The van der Waals surface area contributed by atoms with Gasteiger partial charge in [-0.3, -0.25) is 14.5 Å². The summed E-state index contributed by atoms with van der Waals surface area (Å²) in [6.45, 7) is 7.62. The molecule has 1 atom stereocenters. The first kappa shape index (κ1) is 16.4. The minimum atomic E-state index is -0.558. The number of esters is 1. The lowest BCUT2D eigenvalue weighted by molar-refractivity contribution is -0.153. The van der Waals surface area contributed by atoms with Gasteiger partial charge < -0.3 is 4.74 Å². The maximum Gasteiger partial charge on any atom is 0.316 e. The van der Waals surface area contributed by atoms with Gasteiger partial charge >= 0.3 is 5.97 Å². The van der Waals surface area contributed by atoms with E-state index in [-0.39, 0.29) is 11.8 Å². The van der Waals surface area contributed by atoms with Gasteiger partial charge in [0.2, 0.25) is 0 Å². The summed E-state index contributed by atoms with van der Waals surface area (Å²) in [5, 5.41) is 0. The van der Waals surface area contributed by atoms with Crippen LogP contribution in [-0.2, 0) is 14.3 Å². The number of Topliss-reactive ketones (excluding diaryl/α,β-unsaturated/α-hetero) is 1. The van der Waals surface area contributed by atoms with Crippen LogP contribution in [0.4, 0.5) is 0 Å². The number of piperidine rings is 1. The predicted octanol–water partition coefficient (Wildman–Crippen LogP) is 2.13. The monoisotopic (exact) mass is 277 g/mol. The number of carbonyl (C=O) groups is 2. The molecule has 0 aliphatic carbocycles. The Morgan fingerprint density at radius 2 is 2.25 bits per heavy atom. The summed E-state index contributed by atoms with van der Waals surface area (Å²) in [5.41, 5.74) is 0. The molecule has 0 aromatic carbocycles. The van der Waals surface area contributed by atoms with Gasteiger partial charge in [-0.05, 0) is 26.3 Å². The van der Waals surface area contributed by atoms with Gasteiger partial charge in [-0.1, -0.05) is 37.0 Å². The van der Waals surface area contributed by atoms with E-state index >= 15 is 0 Å². The Kier molecular flexibility index (Phi) is 7.58. The average Bonchev–Trinajstić information content (AvgIpc) is 2.43. The van der Waals surface area contributed by atoms with Crippen LogP contribution in [0.1, 0.15) is 19.8 Å². The van der Waals surface area contributed by atoms with Gasteiger partial charge in [0.05, 0.1) is 13.2 Å². The smallest absolute Gasteiger partial charge is 0.316 e. The van der Waals surface area contributed by atoms with Crippen molar-refractivity contribution >= 4 is 11.8 Å². The van der Waals surface area contributed by atoms with Crippen LogP contribution >= 0.6 is 0 Å². The fraction of sp³-hybridized carbons (Fsp3) is 0.500. The van der Waals surface area contributed by atoms with Crippen molar-refractivity contribution in [1.29, 1.82) is 0 Å². The number of nitrogens with zero attached hydrogens (tertiary/aromatic N) is 1. The van der Waals surface area contributed by atoms with Crippen LogP contribution in [0.3, 0.4) is 0 Å². The van der Waals surface area contributed by atoms with Crippen molar-refractivity contribution < 1.29 is 14.3 Å². The summed E-state index contributed by atoms with van der Waals surface area (Å²) in [6.07, 6.45) is 11.0. The Hall–Kier alpha value is -1.68. The summed E-state index contributed by atoms with van der Waals surface area (Å²) < 4.78 is 4.92. The summed E-state index contributed by atoms with van der Waals surface area (Å²) in [5.74, 6) is -0.950. The number of carbonyl (C=O) groups excluding carboxylic acids is 2. The molecule has 1 fully saturated rings. The van der Waals surface area contributed by atoms with Gasteiger partial charge in [0, 0.05) is 6.54 Å². The lowest BCUT2D eigenvalue weighted by atomic mass is 9.95. The number of ether oxygens (including phenoxy) is 1. The first-order valence-electron chi connectivity index (χ1n) is 7.05. The van der Waals surface area contributed by atoms with E-state index < -0.39 is 5.92 Å². The van der Waals surface area contributed by atoms with Gasteiger partial charge in [-0.25, -0.2) is 0 Å². The summed E-state index contributed by atoms with van der Waals surface area (Å²) >= 11 is 0. The molecule has 1 unspecified atom stereocenters. The zero-order chi connectivity index (χ0) is 14.8. The quantitative estimate of drug-likeness (QED) is 0.406. The fourth-order valence-corrected chi connectivity index (χ4v) is 2.14. The number of allylic oxidation sites excluding steroid dienone is 4. The minimum Gasteiger partial charge on any atom is -0.465 e. The van der Waals surface area contributed by atoms with Crippen molar-refractivity contribution in [3.63, 3.8) is 0 Å². The molecular weight excluding hydrogens is 254 g/mol. The zero-order valence-electron chi connectivity index (χ0n) is 12.1. The van der Waals surface area contributed by atoms with Crippen LogP contribution in [0.5, 0.6) is 0 Å². The normalized spacial score (nSPS) is 20.6. The van der Waals surface area contributed by atoms with E-state index in [0.717, 1.165) is 19.5 Å². The Morgan fingerprint density at radius 3 is 2.90 bits per heavy atom. The lowest BCUT2D eigenvalue weighted by Gasteiger charge is -2.29. The molecule has 4 nitrogen and oxygen atoms in total. The SMILES string of the molecule is C=C/C=C\C=C/CCN1CCC(C(=O)OCC)C(=O)C1. The predicted molar refractivity (Wildman–Crippen MR) is 79.3 cm³/mol. The highest BCUT2D eigenvalue weighted by Crippen LogP contribution is 2.16. The van der Waals surface area contributed by atoms with Crippen molar-refractivity contribution in [2.24, 2.45) is 5.92 Å². The van der Waals surface area contributed by atoms with Crippen molar-refractivity contribution in [2.75, 3.05) is 26.2 Å². The van der Waals surface area contributed by atoms with Crippen LogP contribution in [0.25, 0.3) is 0 Å². The third-order valence-electron chi connectivity index (χ3n) is 3.18. The Balaban J connectivity index is 2.31. The maximum atomic E-state index is 11.9. The average molecular weight is 277 g/mol. The van der Waals surface area contributed by atoms with Crippen molar-refractivity contribution in [3.05, 3.63) is 37.0 Å². The molecule has 0 spiro atoms. The molecule has 4 heteroatoms. The van der Waals surface area contributed by atoms with E-state index in [0.29, 0.717) is 19.6 Å². The molecule has 1 aliphatic rings. The Bertz CT molecular complexity index is 399. The van der Waals surface area contributed by atoms with E-state index in [1.165, 1.54) is 0 Å². The topological polar surface area (TPSA) is 46.6 Å². The third-order valence-corrected chi connectivity index (χ3v) is 3.18. The molecule has 1 rings (SSSR count). The van der Waals surface area contributed by atoms with E-state index in [1.54, 1.807) is 13.0 Å². The first-order valence-corrected chi connectivity index (χ1v) is 7.05. The Labute approximate surface area is 120 Å². The second kappa shape index (κ2) is 9.26. The maximum absolute atomic E-state index is 11.9. The van der Waals surface area contributed by atoms with Gasteiger partial charge in [0.25, 0.3) is 0 Å². The number of ketones is 1. The molecule has 0 bridgehead atoms. The van der Waals surface area contributed by atoms with Crippen molar-refractivity contribution in [2.45, 2.75) is 19.8 Å². The zero-order valence-corrected chi connectivity index (χ0v) is 12.1. The largest absolute Gasteiger partial charge is 0.465 e. The van der Waals surface area contributed by atoms with Crippen LogP contribution in [0.15, 0.2) is 37.0 Å². The summed E-state index contributed by atoms with van der Waals surface area (Å²) in [6, 6.07) is 0. The molecule has 0 saturated carbocycles.